The van der Waals surface area contributed by atoms with E-state index in [0.29, 0.717) is 18.2 Å². The molecule has 0 bridgehead atoms. The van der Waals surface area contributed by atoms with Crippen LogP contribution < -0.4 is 0 Å². The van der Waals surface area contributed by atoms with Gasteiger partial charge in [0.1, 0.15) is 5.82 Å². The zero-order chi connectivity index (χ0) is 13.8. The smallest absolute Gasteiger partial charge is 0.123 e. The van der Waals surface area contributed by atoms with Crippen LogP contribution in [0.5, 0.6) is 0 Å². The van der Waals surface area contributed by atoms with Crippen LogP contribution in [0.2, 0.25) is 0 Å². The Morgan fingerprint density at radius 2 is 2.21 bits per heavy atom. The minimum atomic E-state index is -0.259. The van der Waals surface area contributed by atoms with Gasteiger partial charge in [-0.3, -0.25) is 4.90 Å². The van der Waals surface area contributed by atoms with E-state index in [0.717, 1.165) is 18.0 Å². The molecular weight excluding hydrogens is 239 g/mol. The molecule has 1 aromatic carbocycles. The first kappa shape index (κ1) is 14.0. The highest BCUT2D eigenvalue weighted by Gasteiger charge is 2.25. The van der Waals surface area contributed by atoms with Crippen LogP contribution in [0.25, 0.3) is 0 Å². The summed E-state index contributed by atoms with van der Waals surface area (Å²) in [5.41, 5.74) is 1.40. The van der Waals surface area contributed by atoms with E-state index in [1.807, 2.05) is 0 Å². The third-order valence-corrected chi connectivity index (χ3v) is 4.25. The molecule has 1 aromatic rings. The number of hydrogen-bond acceptors (Lipinski definition) is 2. The van der Waals surface area contributed by atoms with Gasteiger partial charge in [-0.2, -0.15) is 5.26 Å². The summed E-state index contributed by atoms with van der Waals surface area (Å²) < 4.78 is 13.3. The second-order valence-electron chi connectivity index (χ2n) is 5.54. The molecule has 1 saturated heterocycles. The Morgan fingerprint density at radius 3 is 2.89 bits per heavy atom. The Bertz CT molecular complexity index is 478. The summed E-state index contributed by atoms with van der Waals surface area (Å²) in [6, 6.07) is 7.11. The SMILES string of the molecule is CCC1CCC(C)N(Cc2cc(F)ccc2C#N)C1. The van der Waals surface area contributed by atoms with Gasteiger partial charge in [0.2, 0.25) is 0 Å². The molecular formula is C16H21FN2. The Labute approximate surface area is 114 Å². The lowest BCUT2D eigenvalue weighted by atomic mass is 9.91. The van der Waals surface area contributed by atoms with Crippen LogP contribution in [0.1, 0.15) is 44.2 Å². The third-order valence-electron chi connectivity index (χ3n) is 4.25. The van der Waals surface area contributed by atoms with E-state index in [4.69, 9.17) is 5.26 Å². The average molecular weight is 260 g/mol. The average Bonchev–Trinajstić information content (AvgIpc) is 2.41. The first-order valence-corrected chi connectivity index (χ1v) is 7.06. The molecule has 19 heavy (non-hydrogen) atoms. The lowest BCUT2D eigenvalue weighted by Crippen LogP contribution is -2.41. The van der Waals surface area contributed by atoms with Gasteiger partial charge in [-0.15, -0.1) is 0 Å². The fourth-order valence-electron chi connectivity index (χ4n) is 2.84. The van der Waals surface area contributed by atoms with Crippen molar-refractivity contribution in [2.75, 3.05) is 6.54 Å². The van der Waals surface area contributed by atoms with Crippen molar-refractivity contribution >= 4 is 0 Å². The molecule has 0 saturated carbocycles. The quantitative estimate of drug-likeness (QED) is 0.828. The number of hydrogen-bond donors (Lipinski definition) is 0. The molecule has 1 fully saturated rings. The number of benzene rings is 1. The van der Waals surface area contributed by atoms with Gasteiger partial charge in [-0.25, -0.2) is 4.39 Å². The molecule has 3 heteroatoms. The summed E-state index contributed by atoms with van der Waals surface area (Å²) in [7, 11) is 0. The van der Waals surface area contributed by atoms with Crippen molar-refractivity contribution in [2.24, 2.45) is 5.92 Å². The molecule has 2 rings (SSSR count). The predicted octanol–water partition coefficient (Wildman–Crippen LogP) is 3.71. The number of rotatable bonds is 3. The summed E-state index contributed by atoms with van der Waals surface area (Å²) in [5.74, 6) is 0.473. The fourth-order valence-corrected chi connectivity index (χ4v) is 2.84. The van der Waals surface area contributed by atoms with Crippen molar-refractivity contribution in [3.63, 3.8) is 0 Å². The maximum absolute atomic E-state index is 13.3. The molecule has 1 heterocycles. The lowest BCUT2D eigenvalue weighted by molar-refractivity contribution is 0.108. The maximum Gasteiger partial charge on any atom is 0.123 e. The minimum absolute atomic E-state index is 0.259. The molecule has 0 aromatic heterocycles. The van der Waals surface area contributed by atoms with Gasteiger partial charge in [0.25, 0.3) is 0 Å². The summed E-state index contributed by atoms with van der Waals surface area (Å²) in [4.78, 5) is 2.38. The maximum atomic E-state index is 13.3. The van der Waals surface area contributed by atoms with Crippen molar-refractivity contribution in [1.29, 1.82) is 5.26 Å². The second-order valence-corrected chi connectivity index (χ2v) is 5.54. The van der Waals surface area contributed by atoms with E-state index < -0.39 is 0 Å². The fraction of sp³-hybridized carbons (Fsp3) is 0.562. The molecule has 0 amide bonds. The van der Waals surface area contributed by atoms with Crippen molar-refractivity contribution < 1.29 is 4.39 Å². The Balaban J connectivity index is 2.15. The molecule has 1 aliphatic rings. The highest BCUT2D eigenvalue weighted by molar-refractivity contribution is 5.37. The number of piperidine rings is 1. The van der Waals surface area contributed by atoms with Crippen molar-refractivity contribution in [2.45, 2.75) is 45.7 Å². The molecule has 0 aliphatic carbocycles. The van der Waals surface area contributed by atoms with E-state index in [-0.39, 0.29) is 5.82 Å². The number of nitriles is 1. The van der Waals surface area contributed by atoms with Crippen molar-refractivity contribution in [3.05, 3.63) is 35.1 Å². The lowest BCUT2D eigenvalue weighted by Gasteiger charge is -2.38. The second kappa shape index (κ2) is 6.16. The summed E-state index contributed by atoms with van der Waals surface area (Å²) in [5, 5.41) is 9.11. The minimum Gasteiger partial charge on any atom is -0.296 e. The highest BCUT2D eigenvalue weighted by Crippen LogP contribution is 2.26. The monoisotopic (exact) mass is 260 g/mol. The van der Waals surface area contributed by atoms with Crippen LogP contribution in [0.4, 0.5) is 4.39 Å². The van der Waals surface area contributed by atoms with Crippen LogP contribution in [0.3, 0.4) is 0 Å². The van der Waals surface area contributed by atoms with Crippen LogP contribution in [0.15, 0.2) is 18.2 Å². The standard InChI is InChI=1S/C16H21FN2/c1-3-13-5-4-12(2)19(10-13)11-15-8-16(17)7-6-14(15)9-18/h6-8,12-13H,3-5,10-11H2,1-2H3. The van der Waals surface area contributed by atoms with E-state index in [9.17, 15) is 4.39 Å². The molecule has 2 unspecified atom stereocenters. The van der Waals surface area contributed by atoms with E-state index in [1.165, 1.54) is 31.4 Å². The zero-order valence-electron chi connectivity index (χ0n) is 11.7. The largest absolute Gasteiger partial charge is 0.296 e. The van der Waals surface area contributed by atoms with Crippen molar-refractivity contribution in [3.8, 4) is 6.07 Å². The van der Waals surface area contributed by atoms with Crippen LogP contribution >= 0.6 is 0 Å². The topological polar surface area (TPSA) is 27.0 Å². The molecule has 2 nitrogen and oxygen atoms in total. The Morgan fingerprint density at radius 1 is 1.42 bits per heavy atom. The van der Waals surface area contributed by atoms with Crippen LogP contribution in [-0.2, 0) is 6.54 Å². The number of likely N-dealkylation sites (tertiary alicyclic amines) is 1. The first-order chi connectivity index (χ1) is 9.13. The predicted molar refractivity (Wildman–Crippen MR) is 74.0 cm³/mol. The normalized spacial score (nSPS) is 24.1. The molecule has 2 atom stereocenters. The molecule has 0 radical (unpaired) electrons. The Kier molecular flexibility index (Phi) is 4.55. The first-order valence-electron chi connectivity index (χ1n) is 7.06. The summed E-state index contributed by atoms with van der Waals surface area (Å²) in [6.07, 6.45) is 3.66. The highest BCUT2D eigenvalue weighted by atomic mass is 19.1. The van der Waals surface area contributed by atoms with Gasteiger partial charge in [0.15, 0.2) is 0 Å². The molecule has 1 aliphatic heterocycles. The summed E-state index contributed by atoms with van der Waals surface area (Å²) >= 11 is 0. The molecule has 0 spiro atoms. The van der Waals surface area contributed by atoms with Gasteiger partial charge in [-0.1, -0.05) is 13.3 Å². The van der Waals surface area contributed by atoms with Gasteiger partial charge < -0.3 is 0 Å². The van der Waals surface area contributed by atoms with E-state index in [1.54, 1.807) is 6.07 Å². The van der Waals surface area contributed by atoms with Gasteiger partial charge in [-0.05, 0) is 49.4 Å². The van der Waals surface area contributed by atoms with Crippen molar-refractivity contribution in [1.82, 2.24) is 4.90 Å². The number of nitrogens with zero attached hydrogens (tertiary/aromatic N) is 2. The van der Waals surface area contributed by atoms with E-state index in [2.05, 4.69) is 24.8 Å². The van der Waals surface area contributed by atoms with Gasteiger partial charge in [0.05, 0.1) is 11.6 Å². The van der Waals surface area contributed by atoms with Gasteiger partial charge >= 0.3 is 0 Å². The van der Waals surface area contributed by atoms with Gasteiger partial charge in [0, 0.05) is 19.1 Å². The third kappa shape index (κ3) is 3.33. The number of halogens is 1. The van der Waals surface area contributed by atoms with Crippen LogP contribution in [0, 0.1) is 23.1 Å². The van der Waals surface area contributed by atoms with E-state index >= 15 is 0 Å². The molecule has 102 valence electrons. The summed E-state index contributed by atoms with van der Waals surface area (Å²) in [6.45, 7) is 6.18. The van der Waals surface area contributed by atoms with Crippen LogP contribution in [-0.4, -0.2) is 17.5 Å². The Hall–Kier alpha value is -1.40. The zero-order valence-corrected chi connectivity index (χ0v) is 11.7. The molecule has 0 N–H and O–H groups in total.